The minimum Gasteiger partial charge on any atom is -0.504 e. The van der Waals surface area contributed by atoms with Crippen molar-refractivity contribution in [1.82, 2.24) is 5.32 Å². The van der Waals surface area contributed by atoms with Gasteiger partial charge in [0.05, 0.1) is 17.2 Å². The first-order valence-corrected chi connectivity index (χ1v) is 5.90. The van der Waals surface area contributed by atoms with E-state index in [1.165, 1.54) is 0 Å². The number of aryl methyl sites for hydroxylation is 1. The Morgan fingerprint density at radius 1 is 1.62 bits per heavy atom. The van der Waals surface area contributed by atoms with Crippen molar-refractivity contribution < 1.29 is 14.2 Å². The smallest absolute Gasteiger partial charge is 0.171 e. The van der Waals surface area contributed by atoms with E-state index in [0.717, 1.165) is 12.1 Å². The standard InChI is InChI=1S/C11H13BrFNO2/c1-6-4-7(8-5-14-2-3-16-8)10(13)11(15)9(6)12/h4,8,14-15H,2-3,5H2,1H3. The second-order valence-electron chi connectivity index (χ2n) is 3.82. The highest BCUT2D eigenvalue weighted by Crippen LogP contribution is 2.35. The Bertz CT molecular complexity index is 405. The fourth-order valence-corrected chi connectivity index (χ4v) is 2.07. The molecule has 0 bridgehead atoms. The third-order valence-corrected chi connectivity index (χ3v) is 3.66. The van der Waals surface area contributed by atoms with E-state index in [1.54, 1.807) is 6.07 Å². The van der Waals surface area contributed by atoms with Gasteiger partial charge < -0.3 is 15.2 Å². The van der Waals surface area contributed by atoms with Gasteiger partial charge in [0, 0.05) is 18.7 Å². The zero-order valence-corrected chi connectivity index (χ0v) is 10.5. The van der Waals surface area contributed by atoms with Crippen LogP contribution in [0.1, 0.15) is 17.2 Å². The van der Waals surface area contributed by atoms with Crippen LogP contribution < -0.4 is 5.32 Å². The average Bonchev–Trinajstić information content (AvgIpc) is 2.32. The molecule has 0 spiro atoms. The van der Waals surface area contributed by atoms with Gasteiger partial charge in [0.2, 0.25) is 0 Å². The molecule has 0 radical (unpaired) electrons. The van der Waals surface area contributed by atoms with Crippen molar-refractivity contribution in [2.75, 3.05) is 19.7 Å². The molecule has 1 atom stereocenters. The molecule has 1 fully saturated rings. The topological polar surface area (TPSA) is 41.5 Å². The molecule has 5 heteroatoms. The van der Waals surface area contributed by atoms with E-state index in [4.69, 9.17) is 4.74 Å². The Labute approximate surface area is 102 Å². The SMILES string of the molecule is Cc1cc(C2CNCCO2)c(F)c(O)c1Br. The van der Waals surface area contributed by atoms with Crippen molar-refractivity contribution in [3.8, 4) is 5.75 Å². The molecule has 2 N–H and O–H groups in total. The molecule has 1 heterocycles. The third-order valence-electron chi connectivity index (χ3n) is 2.66. The summed E-state index contributed by atoms with van der Waals surface area (Å²) in [5.74, 6) is -0.949. The van der Waals surface area contributed by atoms with Gasteiger partial charge >= 0.3 is 0 Å². The molecular formula is C11H13BrFNO2. The summed E-state index contributed by atoms with van der Waals surface area (Å²) in [4.78, 5) is 0. The molecule has 1 saturated heterocycles. The molecule has 1 aliphatic heterocycles. The van der Waals surface area contributed by atoms with E-state index < -0.39 is 5.82 Å². The fraction of sp³-hybridized carbons (Fsp3) is 0.455. The van der Waals surface area contributed by atoms with E-state index in [2.05, 4.69) is 21.2 Å². The zero-order chi connectivity index (χ0) is 11.7. The lowest BCUT2D eigenvalue weighted by atomic mass is 10.0. The maximum absolute atomic E-state index is 13.8. The lowest BCUT2D eigenvalue weighted by Crippen LogP contribution is -2.33. The molecule has 3 nitrogen and oxygen atoms in total. The number of ether oxygens (including phenoxy) is 1. The summed E-state index contributed by atoms with van der Waals surface area (Å²) in [5, 5.41) is 12.7. The lowest BCUT2D eigenvalue weighted by molar-refractivity contribution is 0.0252. The van der Waals surface area contributed by atoms with Gasteiger partial charge in [-0.2, -0.15) is 0 Å². The van der Waals surface area contributed by atoms with Gasteiger partial charge in [0.15, 0.2) is 11.6 Å². The Hall–Kier alpha value is -0.650. The van der Waals surface area contributed by atoms with Gasteiger partial charge in [0.1, 0.15) is 0 Å². The van der Waals surface area contributed by atoms with Crippen molar-refractivity contribution in [3.63, 3.8) is 0 Å². The van der Waals surface area contributed by atoms with Crippen LogP contribution in [0.4, 0.5) is 4.39 Å². The molecule has 1 unspecified atom stereocenters. The Balaban J connectivity index is 2.40. The fourth-order valence-electron chi connectivity index (χ4n) is 1.78. The molecule has 0 aromatic heterocycles. The number of hydrogen-bond donors (Lipinski definition) is 2. The van der Waals surface area contributed by atoms with E-state index in [1.807, 2.05) is 6.92 Å². The summed E-state index contributed by atoms with van der Waals surface area (Å²) in [6, 6.07) is 1.71. The Morgan fingerprint density at radius 2 is 2.38 bits per heavy atom. The van der Waals surface area contributed by atoms with E-state index in [-0.39, 0.29) is 11.9 Å². The van der Waals surface area contributed by atoms with Crippen molar-refractivity contribution in [1.29, 1.82) is 0 Å². The number of rotatable bonds is 1. The van der Waals surface area contributed by atoms with E-state index in [9.17, 15) is 9.50 Å². The van der Waals surface area contributed by atoms with Crippen molar-refractivity contribution >= 4 is 15.9 Å². The predicted octanol–water partition coefficient (Wildman–Crippen LogP) is 2.26. The largest absolute Gasteiger partial charge is 0.504 e. The van der Waals surface area contributed by atoms with Crippen molar-refractivity contribution in [2.45, 2.75) is 13.0 Å². The van der Waals surface area contributed by atoms with Crippen LogP contribution in [0.15, 0.2) is 10.5 Å². The van der Waals surface area contributed by atoms with Crippen LogP contribution in [0, 0.1) is 12.7 Å². The summed E-state index contributed by atoms with van der Waals surface area (Å²) in [7, 11) is 0. The minimum atomic E-state index is -0.605. The highest BCUT2D eigenvalue weighted by molar-refractivity contribution is 9.10. The van der Waals surface area contributed by atoms with Crippen LogP contribution in [0.3, 0.4) is 0 Å². The molecule has 1 aliphatic rings. The molecule has 2 rings (SSSR count). The number of hydrogen-bond acceptors (Lipinski definition) is 3. The van der Waals surface area contributed by atoms with Gasteiger partial charge in [0.25, 0.3) is 0 Å². The van der Waals surface area contributed by atoms with Crippen molar-refractivity contribution in [2.24, 2.45) is 0 Å². The maximum Gasteiger partial charge on any atom is 0.171 e. The molecule has 88 valence electrons. The van der Waals surface area contributed by atoms with Crippen LogP contribution in [0.5, 0.6) is 5.75 Å². The molecule has 1 aromatic rings. The van der Waals surface area contributed by atoms with Gasteiger partial charge in [-0.05, 0) is 34.5 Å². The number of phenolic OH excluding ortho intramolecular Hbond substituents is 1. The van der Waals surface area contributed by atoms with E-state index >= 15 is 0 Å². The first-order chi connectivity index (χ1) is 7.61. The highest BCUT2D eigenvalue weighted by atomic mass is 79.9. The minimum absolute atomic E-state index is 0.327. The van der Waals surface area contributed by atoms with E-state index in [0.29, 0.717) is 23.2 Å². The van der Waals surface area contributed by atoms with Crippen LogP contribution in [-0.2, 0) is 4.74 Å². The third kappa shape index (κ3) is 2.07. The maximum atomic E-state index is 13.8. The number of nitrogens with one attached hydrogen (secondary N) is 1. The highest BCUT2D eigenvalue weighted by Gasteiger charge is 2.23. The Morgan fingerprint density at radius 3 is 3.00 bits per heavy atom. The number of phenols is 1. The number of aromatic hydroxyl groups is 1. The average molecular weight is 290 g/mol. The summed E-state index contributed by atoms with van der Waals surface area (Å²) in [6.07, 6.45) is -0.327. The van der Waals surface area contributed by atoms with Gasteiger partial charge in [-0.25, -0.2) is 4.39 Å². The summed E-state index contributed by atoms with van der Waals surface area (Å²) < 4.78 is 19.7. The van der Waals surface area contributed by atoms with Gasteiger partial charge in [-0.1, -0.05) is 0 Å². The first-order valence-electron chi connectivity index (χ1n) is 5.11. The lowest BCUT2D eigenvalue weighted by Gasteiger charge is -2.25. The first kappa shape index (κ1) is 11.8. The molecule has 0 amide bonds. The predicted molar refractivity (Wildman–Crippen MR) is 62.1 cm³/mol. The second-order valence-corrected chi connectivity index (χ2v) is 4.62. The van der Waals surface area contributed by atoms with Crippen LogP contribution in [0.2, 0.25) is 0 Å². The number of benzene rings is 1. The Kier molecular flexibility index (Phi) is 3.47. The second kappa shape index (κ2) is 4.69. The molecule has 1 aromatic carbocycles. The van der Waals surface area contributed by atoms with Gasteiger partial charge in [-0.15, -0.1) is 0 Å². The summed E-state index contributed by atoms with van der Waals surface area (Å²) >= 11 is 3.14. The number of halogens is 2. The monoisotopic (exact) mass is 289 g/mol. The molecule has 0 saturated carbocycles. The van der Waals surface area contributed by atoms with Crippen LogP contribution in [0.25, 0.3) is 0 Å². The van der Waals surface area contributed by atoms with Crippen LogP contribution >= 0.6 is 15.9 Å². The normalized spacial score (nSPS) is 21.1. The quantitative estimate of drug-likeness (QED) is 0.833. The zero-order valence-electron chi connectivity index (χ0n) is 8.89. The van der Waals surface area contributed by atoms with Crippen LogP contribution in [-0.4, -0.2) is 24.8 Å². The van der Waals surface area contributed by atoms with Crippen molar-refractivity contribution in [3.05, 3.63) is 27.5 Å². The summed E-state index contributed by atoms with van der Waals surface area (Å²) in [6.45, 7) is 3.71. The summed E-state index contributed by atoms with van der Waals surface area (Å²) in [5.41, 5.74) is 1.20. The molecule has 16 heavy (non-hydrogen) atoms. The van der Waals surface area contributed by atoms with Gasteiger partial charge in [-0.3, -0.25) is 0 Å². The molecule has 0 aliphatic carbocycles. The number of morpholine rings is 1. The molecular weight excluding hydrogens is 277 g/mol.